The number of halogens is 1. The van der Waals surface area contributed by atoms with Crippen molar-refractivity contribution in [3.8, 4) is 0 Å². The zero-order valence-electron chi connectivity index (χ0n) is 11.2. The first-order valence-electron chi connectivity index (χ1n) is 6.43. The van der Waals surface area contributed by atoms with Crippen molar-refractivity contribution in [2.75, 3.05) is 13.6 Å². The number of rotatable bonds is 6. The van der Waals surface area contributed by atoms with Crippen LogP contribution in [0.4, 0.5) is 4.39 Å². The summed E-state index contributed by atoms with van der Waals surface area (Å²) >= 11 is 0. The van der Waals surface area contributed by atoms with Crippen LogP contribution in [0.3, 0.4) is 0 Å². The van der Waals surface area contributed by atoms with Gasteiger partial charge in [-0.25, -0.2) is 17.1 Å². The molecular formula is C13H19FN2O2S. The maximum atomic E-state index is 13.7. The number of nitrogens with zero attached hydrogens (tertiary/aromatic N) is 1. The average molecular weight is 286 g/mol. The Bertz CT molecular complexity index is 556. The van der Waals surface area contributed by atoms with Gasteiger partial charge in [0, 0.05) is 26.2 Å². The Morgan fingerprint density at radius 2 is 2.11 bits per heavy atom. The minimum atomic E-state index is -3.73. The van der Waals surface area contributed by atoms with Crippen LogP contribution in [-0.4, -0.2) is 32.4 Å². The minimum Gasteiger partial charge on any atom is -0.310 e. The molecule has 1 N–H and O–H groups in total. The van der Waals surface area contributed by atoms with Gasteiger partial charge in [0.2, 0.25) is 10.0 Å². The lowest BCUT2D eigenvalue weighted by Gasteiger charge is -2.16. The molecule has 1 saturated carbocycles. The zero-order chi connectivity index (χ0) is 14.0. The van der Waals surface area contributed by atoms with Gasteiger partial charge in [0.1, 0.15) is 10.7 Å². The molecule has 1 aromatic carbocycles. The molecule has 0 aromatic heterocycles. The molecule has 0 bridgehead atoms. The lowest BCUT2D eigenvalue weighted by molar-refractivity contribution is 0.477. The number of hydrogen-bond donors (Lipinski definition) is 1. The highest BCUT2D eigenvalue weighted by atomic mass is 32.2. The smallest absolute Gasteiger partial charge is 0.245 e. The second-order valence-electron chi connectivity index (χ2n) is 4.84. The van der Waals surface area contributed by atoms with Crippen LogP contribution in [0.15, 0.2) is 23.1 Å². The van der Waals surface area contributed by atoms with Gasteiger partial charge in [0.15, 0.2) is 0 Å². The lowest BCUT2D eigenvalue weighted by Crippen LogP contribution is -2.27. The molecule has 0 amide bonds. The van der Waals surface area contributed by atoms with Crippen LogP contribution in [0.5, 0.6) is 0 Å². The topological polar surface area (TPSA) is 49.4 Å². The summed E-state index contributed by atoms with van der Waals surface area (Å²) in [5.74, 6) is -0.699. The Morgan fingerprint density at radius 1 is 1.42 bits per heavy atom. The third-order valence-electron chi connectivity index (χ3n) is 3.30. The van der Waals surface area contributed by atoms with E-state index in [4.69, 9.17) is 0 Å². The zero-order valence-corrected chi connectivity index (χ0v) is 12.0. The summed E-state index contributed by atoms with van der Waals surface area (Å²) in [7, 11) is -2.29. The highest BCUT2D eigenvalue weighted by molar-refractivity contribution is 7.89. The first kappa shape index (κ1) is 14.4. The fraction of sp³-hybridized carbons (Fsp3) is 0.538. The molecule has 0 radical (unpaired) electrons. The Kier molecular flexibility index (Phi) is 4.23. The second-order valence-corrected chi connectivity index (χ2v) is 6.85. The van der Waals surface area contributed by atoms with E-state index in [9.17, 15) is 12.8 Å². The Morgan fingerprint density at radius 3 is 2.68 bits per heavy atom. The molecule has 0 unspecified atom stereocenters. The largest absolute Gasteiger partial charge is 0.310 e. The SMILES string of the molecule is CCN(C)S(=O)(=O)c1cc(CNC2CC2)ccc1F. The molecule has 0 spiro atoms. The van der Waals surface area contributed by atoms with Gasteiger partial charge in [-0.1, -0.05) is 13.0 Å². The molecule has 0 aliphatic heterocycles. The van der Waals surface area contributed by atoms with Crippen LogP contribution in [0, 0.1) is 5.82 Å². The molecule has 4 nitrogen and oxygen atoms in total. The van der Waals surface area contributed by atoms with Crippen LogP contribution in [0.2, 0.25) is 0 Å². The third-order valence-corrected chi connectivity index (χ3v) is 5.25. The molecule has 1 aliphatic rings. The molecule has 19 heavy (non-hydrogen) atoms. The Hall–Kier alpha value is -0.980. The van der Waals surface area contributed by atoms with Crippen molar-refractivity contribution < 1.29 is 12.8 Å². The van der Waals surface area contributed by atoms with E-state index >= 15 is 0 Å². The van der Waals surface area contributed by atoms with Crippen molar-refractivity contribution in [2.24, 2.45) is 0 Å². The monoisotopic (exact) mass is 286 g/mol. The number of benzene rings is 1. The maximum absolute atomic E-state index is 13.7. The summed E-state index contributed by atoms with van der Waals surface area (Å²) in [6.07, 6.45) is 2.32. The molecule has 1 aromatic rings. The van der Waals surface area contributed by atoms with E-state index in [1.54, 1.807) is 13.0 Å². The van der Waals surface area contributed by atoms with E-state index in [0.717, 1.165) is 22.7 Å². The summed E-state index contributed by atoms with van der Waals surface area (Å²) in [5.41, 5.74) is 0.788. The second kappa shape index (κ2) is 5.56. The van der Waals surface area contributed by atoms with Gasteiger partial charge in [-0.2, -0.15) is 0 Å². The van der Waals surface area contributed by atoms with E-state index in [2.05, 4.69) is 5.32 Å². The van der Waals surface area contributed by atoms with Gasteiger partial charge in [-0.05, 0) is 30.5 Å². The van der Waals surface area contributed by atoms with Crippen molar-refractivity contribution in [1.82, 2.24) is 9.62 Å². The first-order valence-corrected chi connectivity index (χ1v) is 7.87. The summed E-state index contributed by atoms with van der Waals surface area (Å²) in [4.78, 5) is -0.244. The molecule has 2 rings (SSSR count). The van der Waals surface area contributed by atoms with Gasteiger partial charge < -0.3 is 5.32 Å². The van der Waals surface area contributed by atoms with Crippen molar-refractivity contribution in [3.05, 3.63) is 29.6 Å². The molecule has 106 valence electrons. The standard InChI is InChI=1S/C13H19FN2O2S/c1-3-16(2)19(17,18)13-8-10(4-7-12(13)14)9-15-11-5-6-11/h4,7-8,11,15H,3,5-6,9H2,1-2H3. The summed E-state index contributed by atoms with van der Waals surface area (Å²) in [6, 6.07) is 4.80. The Balaban J connectivity index is 2.25. The highest BCUT2D eigenvalue weighted by Gasteiger charge is 2.24. The molecule has 1 aliphatic carbocycles. The van der Waals surface area contributed by atoms with Crippen LogP contribution < -0.4 is 5.32 Å². The fourth-order valence-electron chi connectivity index (χ4n) is 1.74. The van der Waals surface area contributed by atoms with Gasteiger partial charge >= 0.3 is 0 Å². The van der Waals surface area contributed by atoms with Crippen LogP contribution >= 0.6 is 0 Å². The fourth-order valence-corrected chi connectivity index (χ4v) is 3.03. The maximum Gasteiger partial charge on any atom is 0.245 e. The lowest BCUT2D eigenvalue weighted by atomic mass is 10.2. The van der Waals surface area contributed by atoms with E-state index in [1.165, 1.54) is 19.2 Å². The summed E-state index contributed by atoms with van der Waals surface area (Å²) in [6.45, 7) is 2.60. The van der Waals surface area contributed by atoms with E-state index in [0.29, 0.717) is 19.1 Å². The predicted molar refractivity (Wildman–Crippen MR) is 71.8 cm³/mol. The summed E-state index contributed by atoms with van der Waals surface area (Å²) < 4.78 is 39.2. The van der Waals surface area contributed by atoms with Gasteiger partial charge in [0.05, 0.1) is 0 Å². The third kappa shape index (κ3) is 3.32. The molecule has 0 atom stereocenters. The van der Waals surface area contributed by atoms with Crippen LogP contribution in [0.1, 0.15) is 25.3 Å². The molecule has 0 heterocycles. The summed E-state index contributed by atoms with van der Waals surface area (Å²) in [5, 5.41) is 3.28. The van der Waals surface area contributed by atoms with E-state index in [-0.39, 0.29) is 4.90 Å². The van der Waals surface area contributed by atoms with Gasteiger partial charge in [-0.15, -0.1) is 0 Å². The van der Waals surface area contributed by atoms with E-state index in [1.807, 2.05) is 0 Å². The number of hydrogen-bond acceptors (Lipinski definition) is 3. The van der Waals surface area contributed by atoms with Crippen molar-refractivity contribution in [2.45, 2.75) is 37.2 Å². The van der Waals surface area contributed by atoms with Crippen molar-refractivity contribution in [3.63, 3.8) is 0 Å². The van der Waals surface area contributed by atoms with Gasteiger partial charge in [0.25, 0.3) is 0 Å². The highest BCUT2D eigenvalue weighted by Crippen LogP contribution is 2.22. The minimum absolute atomic E-state index is 0.244. The molecule has 1 fully saturated rings. The number of sulfonamides is 1. The molecule has 6 heteroatoms. The predicted octanol–water partition coefficient (Wildman–Crippen LogP) is 1.72. The molecular weight excluding hydrogens is 267 g/mol. The molecule has 0 saturated heterocycles. The van der Waals surface area contributed by atoms with Gasteiger partial charge in [-0.3, -0.25) is 0 Å². The van der Waals surface area contributed by atoms with Crippen LogP contribution in [-0.2, 0) is 16.6 Å². The average Bonchev–Trinajstić information content (AvgIpc) is 3.20. The van der Waals surface area contributed by atoms with Crippen molar-refractivity contribution >= 4 is 10.0 Å². The normalized spacial score (nSPS) is 16.0. The van der Waals surface area contributed by atoms with Crippen molar-refractivity contribution in [1.29, 1.82) is 0 Å². The van der Waals surface area contributed by atoms with Crippen LogP contribution in [0.25, 0.3) is 0 Å². The first-order chi connectivity index (χ1) is 8.95. The van der Waals surface area contributed by atoms with E-state index < -0.39 is 15.8 Å². The number of nitrogens with one attached hydrogen (secondary N) is 1. The quantitative estimate of drug-likeness (QED) is 0.866. The Labute approximate surface area is 113 Å².